The van der Waals surface area contributed by atoms with Crippen LogP contribution in [0.1, 0.15) is 65.2 Å². The third kappa shape index (κ3) is 5.45. The minimum Gasteiger partial charge on any atom is -0.530 e. The third-order valence-corrected chi connectivity index (χ3v) is 7.00. The van der Waals surface area contributed by atoms with Gasteiger partial charge in [0.2, 0.25) is 10.0 Å². The Hall–Kier alpha value is -1.60. The van der Waals surface area contributed by atoms with Gasteiger partial charge in [-0.2, -0.15) is 4.31 Å². The zero-order valence-corrected chi connectivity index (χ0v) is 17.2. The average Bonchev–Trinajstić information content (AvgIpc) is 2.91. The molecule has 0 radical (unpaired) electrons. The number of carbonyl (C=O) groups excluding carboxylic acids is 1. The number of carbonyl (C=O) groups is 1. The van der Waals surface area contributed by atoms with Gasteiger partial charge in [0, 0.05) is 24.8 Å². The maximum atomic E-state index is 12.9. The van der Waals surface area contributed by atoms with Crippen LogP contribution in [0.2, 0.25) is 0 Å². The molecule has 0 bridgehead atoms. The van der Waals surface area contributed by atoms with E-state index >= 15 is 0 Å². The molecular formula is C20H31N2O4S-. The minimum absolute atomic E-state index is 0.100. The number of hydrogen-bond donors (Lipinski definition) is 0. The van der Waals surface area contributed by atoms with E-state index in [4.69, 9.17) is 0 Å². The fraction of sp³-hybridized carbons (Fsp3) is 0.650. The zero-order valence-electron chi connectivity index (χ0n) is 16.4. The van der Waals surface area contributed by atoms with E-state index in [0.717, 1.165) is 51.4 Å². The highest BCUT2D eigenvalue weighted by molar-refractivity contribution is 7.89. The molecule has 1 aliphatic rings. The molecule has 1 amide bonds. The molecule has 1 fully saturated rings. The van der Waals surface area contributed by atoms with E-state index in [1.807, 2.05) is 13.8 Å². The molecule has 1 aliphatic carbocycles. The van der Waals surface area contributed by atoms with Crippen molar-refractivity contribution in [1.29, 1.82) is 0 Å². The summed E-state index contributed by atoms with van der Waals surface area (Å²) in [6.07, 6.45) is 6.15. The number of rotatable bonds is 8. The first kappa shape index (κ1) is 21.7. The van der Waals surface area contributed by atoms with Crippen molar-refractivity contribution in [2.75, 3.05) is 18.0 Å². The summed E-state index contributed by atoms with van der Waals surface area (Å²) in [6.45, 7) is 4.86. The normalized spacial score (nSPS) is 16.3. The quantitative estimate of drug-likeness (QED) is 0.632. The smallest absolute Gasteiger partial charge is 0.243 e. The molecule has 2 rings (SSSR count). The van der Waals surface area contributed by atoms with Crippen LogP contribution in [0.5, 0.6) is 0 Å². The van der Waals surface area contributed by atoms with Crippen molar-refractivity contribution in [3.63, 3.8) is 0 Å². The van der Waals surface area contributed by atoms with Crippen molar-refractivity contribution < 1.29 is 18.3 Å². The molecule has 152 valence electrons. The van der Waals surface area contributed by atoms with E-state index in [0.29, 0.717) is 18.8 Å². The maximum Gasteiger partial charge on any atom is 0.243 e. The van der Waals surface area contributed by atoms with Crippen LogP contribution < -0.4 is 10.0 Å². The lowest BCUT2D eigenvalue weighted by molar-refractivity contribution is -0.247. The van der Waals surface area contributed by atoms with Crippen molar-refractivity contribution in [3.8, 4) is 0 Å². The monoisotopic (exact) mass is 395 g/mol. The summed E-state index contributed by atoms with van der Waals surface area (Å²) in [4.78, 5) is 13.3. The van der Waals surface area contributed by atoms with Gasteiger partial charge in [-0.05, 0) is 49.9 Å². The largest absolute Gasteiger partial charge is 0.530 e. The van der Waals surface area contributed by atoms with Gasteiger partial charge in [0.15, 0.2) is 0 Å². The van der Waals surface area contributed by atoms with Crippen LogP contribution in [0.15, 0.2) is 29.2 Å². The molecule has 0 aromatic heterocycles. The molecular weight excluding hydrogens is 364 g/mol. The van der Waals surface area contributed by atoms with E-state index in [9.17, 15) is 18.3 Å². The molecule has 6 nitrogen and oxygen atoms in total. The molecule has 0 spiro atoms. The summed E-state index contributed by atoms with van der Waals surface area (Å²) in [7, 11) is -3.57. The number of sulfonamides is 1. The first-order valence-corrected chi connectivity index (χ1v) is 11.5. The number of hydrogen-bond acceptors (Lipinski definition) is 4. The second-order valence-electron chi connectivity index (χ2n) is 7.18. The molecule has 0 N–H and O–H groups in total. The summed E-state index contributed by atoms with van der Waals surface area (Å²) >= 11 is 0. The molecule has 1 aromatic rings. The zero-order chi connectivity index (χ0) is 19.9. The van der Waals surface area contributed by atoms with Crippen LogP contribution in [0, 0.1) is 0 Å². The number of carboxylic acid groups (broad SMARTS) is 1. The maximum absolute atomic E-state index is 12.9. The number of nitrogens with zero attached hydrogens (tertiary/aromatic N) is 2. The van der Waals surface area contributed by atoms with E-state index in [-0.39, 0.29) is 10.9 Å². The lowest BCUT2D eigenvalue weighted by Crippen LogP contribution is -2.47. The topological polar surface area (TPSA) is 80.8 Å². The predicted molar refractivity (Wildman–Crippen MR) is 105 cm³/mol. The summed E-state index contributed by atoms with van der Waals surface area (Å²) in [5, 5.41) is 11.8. The number of benzene rings is 1. The van der Waals surface area contributed by atoms with Crippen LogP contribution in [-0.4, -0.2) is 37.9 Å². The van der Waals surface area contributed by atoms with Gasteiger partial charge >= 0.3 is 0 Å². The highest BCUT2D eigenvalue weighted by Gasteiger charge is 2.25. The Labute approximate surface area is 163 Å². The predicted octanol–water partition coefficient (Wildman–Crippen LogP) is 3.37. The Morgan fingerprint density at radius 1 is 1.00 bits per heavy atom. The van der Waals surface area contributed by atoms with Crippen LogP contribution in [0.3, 0.4) is 0 Å². The van der Waals surface area contributed by atoms with E-state index < -0.39 is 16.1 Å². The Bertz CT molecular complexity index is 689. The van der Waals surface area contributed by atoms with Crippen molar-refractivity contribution in [2.24, 2.45) is 0 Å². The van der Waals surface area contributed by atoms with Crippen LogP contribution in [0.25, 0.3) is 0 Å². The highest BCUT2D eigenvalue weighted by atomic mass is 32.2. The Morgan fingerprint density at radius 3 is 1.96 bits per heavy atom. The van der Waals surface area contributed by atoms with Gasteiger partial charge in [0.25, 0.3) is 0 Å². The van der Waals surface area contributed by atoms with E-state index in [1.165, 1.54) is 21.3 Å². The SMILES string of the molecule is CCCN(CCC)S(=O)(=O)c1ccc(N(C(=O)[O-])C2CCCCCC2)cc1. The molecule has 0 heterocycles. The van der Waals surface area contributed by atoms with Crippen molar-refractivity contribution in [1.82, 2.24) is 4.31 Å². The van der Waals surface area contributed by atoms with Crippen LogP contribution in [0.4, 0.5) is 10.5 Å². The Morgan fingerprint density at radius 2 is 1.52 bits per heavy atom. The van der Waals surface area contributed by atoms with Crippen molar-refractivity contribution in [2.45, 2.75) is 76.2 Å². The van der Waals surface area contributed by atoms with E-state index in [2.05, 4.69) is 0 Å². The number of anilines is 1. The first-order valence-electron chi connectivity index (χ1n) is 10.0. The fourth-order valence-electron chi connectivity index (χ4n) is 3.76. The van der Waals surface area contributed by atoms with Crippen LogP contribution >= 0.6 is 0 Å². The molecule has 0 saturated heterocycles. The Balaban J connectivity index is 2.26. The van der Waals surface area contributed by atoms with Gasteiger partial charge < -0.3 is 14.8 Å². The van der Waals surface area contributed by atoms with Gasteiger partial charge in [0.05, 0.1) is 4.90 Å². The molecule has 27 heavy (non-hydrogen) atoms. The van der Waals surface area contributed by atoms with Gasteiger partial charge in [-0.1, -0.05) is 39.5 Å². The standard InChI is InChI=1S/C20H32N2O4S/c1-3-15-21(16-4-2)27(25,26)19-13-11-18(12-14-19)22(20(23)24)17-9-7-5-6-8-10-17/h11-14,17H,3-10,15-16H2,1-2H3,(H,23,24)/p-1. The van der Waals surface area contributed by atoms with E-state index in [1.54, 1.807) is 12.1 Å². The molecule has 1 aromatic carbocycles. The first-order chi connectivity index (χ1) is 12.9. The third-order valence-electron chi connectivity index (χ3n) is 5.09. The van der Waals surface area contributed by atoms with Gasteiger partial charge in [-0.25, -0.2) is 8.42 Å². The second kappa shape index (κ2) is 10.1. The van der Waals surface area contributed by atoms with Gasteiger partial charge in [0.1, 0.15) is 6.09 Å². The van der Waals surface area contributed by atoms with Crippen molar-refractivity contribution in [3.05, 3.63) is 24.3 Å². The summed E-state index contributed by atoms with van der Waals surface area (Å²) < 4.78 is 27.2. The summed E-state index contributed by atoms with van der Waals surface area (Å²) in [5.41, 5.74) is 0.485. The second-order valence-corrected chi connectivity index (χ2v) is 9.12. The lowest BCUT2D eigenvalue weighted by atomic mass is 10.1. The number of amides is 1. The summed E-state index contributed by atoms with van der Waals surface area (Å²) in [5.74, 6) is 0. The average molecular weight is 396 g/mol. The molecule has 0 atom stereocenters. The Kier molecular flexibility index (Phi) is 8.10. The molecule has 0 aliphatic heterocycles. The molecule has 0 unspecified atom stereocenters. The minimum atomic E-state index is -3.57. The summed E-state index contributed by atoms with van der Waals surface area (Å²) in [6, 6.07) is 6.09. The van der Waals surface area contributed by atoms with Crippen molar-refractivity contribution >= 4 is 21.8 Å². The highest BCUT2D eigenvalue weighted by Crippen LogP contribution is 2.28. The van der Waals surface area contributed by atoms with Gasteiger partial charge in [-0.15, -0.1) is 0 Å². The van der Waals surface area contributed by atoms with Gasteiger partial charge in [-0.3, -0.25) is 0 Å². The fourth-order valence-corrected chi connectivity index (χ4v) is 5.38. The lowest BCUT2D eigenvalue weighted by Gasteiger charge is -2.33. The molecule has 1 saturated carbocycles. The van der Waals surface area contributed by atoms with Crippen LogP contribution in [-0.2, 0) is 10.0 Å². The molecule has 7 heteroatoms.